The van der Waals surface area contributed by atoms with Crippen LogP contribution in [0.15, 0.2) is 83.0 Å². The molecule has 0 fully saturated rings. The lowest BCUT2D eigenvalue weighted by Gasteiger charge is -2.05. The smallest absolute Gasteiger partial charge is 0.176 e. The molecule has 0 heterocycles. The summed E-state index contributed by atoms with van der Waals surface area (Å²) >= 11 is 5.84. The highest BCUT2D eigenvalue weighted by Gasteiger charge is 2.07. The third-order valence-electron chi connectivity index (χ3n) is 3.52. The molecule has 2 N–H and O–H groups in total. The second kappa shape index (κ2) is 7.64. The summed E-state index contributed by atoms with van der Waals surface area (Å²) in [5, 5.41) is 27.6. The van der Waals surface area contributed by atoms with Crippen LogP contribution in [0.3, 0.4) is 0 Å². The quantitative estimate of drug-likeness (QED) is 0.409. The first-order chi connectivity index (χ1) is 12.1. The van der Waals surface area contributed by atoms with Gasteiger partial charge >= 0.3 is 0 Å². The fraction of sp³-hybridized carbons (Fsp3) is 0. The molecule has 3 aromatic rings. The first kappa shape index (κ1) is 16.7. The fourth-order valence-electron chi connectivity index (χ4n) is 2.31. The molecule has 0 amide bonds. The van der Waals surface area contributed by atoms with Crippen LogP contribution in [0, 0.1) is 0 Å². The number of rotatable bonds is 4. The van der Waals surface area contributed by atoms with Gasteiger partial charge in [-0.05, 0) is 17.7 Å². The van der Waals surface area contributed by atoms with E-state index in [1.807, 2.05) is 60.7 Å². The molecule has 25 heavy (non-hydrogen) atoms. The van der Waals surface area contributed by atoms with Crippen molar-refractivity contribution in [2.75, 3.05) is 0 Å². The summed E-state index contributed by atoms with van der Waals surface area (Å²) in [5.74, 6) is -0.652. The molecule has 0 saturated heterocycles. The number of phenols is 2. The van der Waals surface area contributed by atoms with Crippen molar-refractivity contribution in [2.45, 2.75) is 0 Å². The monoisotopic (exact) mass is 350 g/mol. The molecule has 4 nitrogen and oxygen atoms in total. The Labute approximate surface area is 150 Å². The maximum absolute atomic E-state index is 9.61. The van der Waals surface area contributed by atoms with E-state index in [0.29, 0.717) is 5.56 Å². The zero-order chi connectivity index (χ0) is 17.6. The number of halogens is 1. The summed E-state index contributed by atoms with van der Waals surface area (Å²) in [6, 6.07) is 22.4. The lowest BCUT2D eigenvalue weighted by Crippen LogP contribution is -2.02. The van der Waals surface area contributed by atoms with Crippen LogP contribution >= 0.6 is 11.6 Å². The van der Waals surface area contributed by atoms with E-state index in [-0.39, 0.29) is 16.5 Å². The zero-order valence-electron chi connectivity index (χ0n) is 13.2. The number of phenolic OH excluding ortho intramolecular Hbond substituents is 2. The van der Waals surface area contributed by atoms with Crippen LogP contribution in [0.4, 0.5) is 0 Å². The van der Waals surface area contributed by atoms with Crippen LogP contribution in [0.1, 0.15) is 16.7 Å². The van der Waals surface area contributed by atoms with E-state index in [4.69, 9.17) is 11.6 Å². The number of hydrogen-bond donors (Lipinski definition) is 2. The minimum Gasteiger partial charge on any atom is -0.504 e. The molecule has 0 unspecified atom stereocenters. The Hall–Kier alpha value is -3.11. The van der Waals surface area contributed by atoms with Gasteiger partial charge < -0.3 is 10.2 Å². The molecule has 124 valence electrons. The Bertz CT molecular complexity index is 858. The summed E-state index contributed by atoms with van der Waals surface area (Å²) in [6.07, 6.45) is 1.47. The van der Waals surface area contributed by atoms with Crippen LogP contribution in [-0.2, 0) is 0 Å². The average Bonchev–Trinajstić information content (AvgIpc) is 2.64. The van der Waals surface area contributed by atoms with Gasteiger partial charge in [0.05, 0.1) is 11.2 Å². The molecule has 0 aliphatic carbocycles. The average molecular weight is 351 g/mol. The van der Waals surface area contributed by atoms with Crippen LogP contribution in [0.5, 0.6) is 11.5 Å². The molecule has 0 aliphatic rings. The first-order valence-electron chi connectivity index (χ1n) is 7.58. The van der Waals surface area contributed by atoms with Gasteiger partial charge in [0.15, 0.2) is 11.5 Å². The van der Waals surface area contributed by atoms with Crippen LogP contribution < -0.4 is 0 Å². The number of hydrogen-bond acceptors (Lipinski definition) is 4. The molecule has 5 heteroatoms. The van der Waals surface area contributed by atoms with E-state index in [1.165, 1.54) is 18.3 Å². The van der Waals surface area contributed by atoms with E-state index >= 15 is 0 Å². The van der Waals surface area contributed by atoms with Crippen molar-refractivity contribution in [3.05, 3.63) is 94.5 Å². The van der Waals surface area contributed by atoms with Gasteiger partial charge in [-0.1, -0.05) is 72.3 Å². The molecule has 0 saturated carbocycles. The van der Waals surface area contributed by atoms with E-state index in [1.54, 1.807) is 0 Å². The Morgan fingerprint density at radius 1 is 0.840 bits per heavy atom. The highest BCUT2D eigenvalue weighted by atomic mass is 35.5. The maximum Gasteiger partial charge on any atom is 0.176 e. The minimum absolute atomic E-state index is 0.0526. The van der Waals surface area contributed by atoms with Gasteiger partial charge in [-0.25, -0.2) is 0 Å². The zero-order valence-corrected chi connectivity index (χ0v) is 13.9. The number of benzene rings is 3. The maximum atomic E-state index is 9.61. The van der Waals surface area contributed by atoms with E-state index < -0.39 is 0 Å². The summed E-state index contributed by atoms with van der Waals surface area (Å²) in [4.78, 5) is 0. The fourth-order valence-corrected chi connectivity index (χ4v) is 2.53. The third-order valence-corrected chi connectivity index (χ3v) is 3.81. The molecule has 3 rings (SSSR count). The minimum atomic E-state index is -0.350. The molecule has 0 aliphatic heterocycles. The molecule has 0 atom stereocenters. The topological polar surface area (TPSA) is 65.2 Å². The highest BCUT2D eigenvalue weighted by Crippen LogP contribution is 2.33. The second-order valence-corrected chi connectivity index (χ2v) is 5.70. The highest BCUT2D eigenvalue weighted by molar-refractivity contribution is 6.32. The van der Waals surface area contributed by atoms with Gasteiger partial charge in [0.1, 0.15) is 5.71 Å². The molecule has 3 aromatic carbocycles. The van der Waals surface area contributed by atoms with Gasteiger partial charge in [0, 0.05) is 11.1 Å². The van der Waals surface area contributed by atoms with Crippen molar-refractivity contribution in [2.24, 2.45) is 10.2 Å². The predicted molar refractivity (Wildman–Crippen MR) is 101 cm³/mol. The molecule has 0 aromatic heterocycles. The van der Waals surface area contributed by atoms with Gasteiger partial charge in [0.25, 0.3) is 0 Å². The lowest BCUT2D eigenvalue weighted by atomic mass is 10.0. The van der Waals surface area contributed by atoms with Crippen LogP contribution in [-0.4, -0.2) is 22.1 Å². The van der Waals surface area contributed by atoms with Gasteiger partial charge in [-0.15, -0.1) is 5.10 Å². The van der Waals surface area contributed by atoms with Crippen molar-refractivity contribution < 1.29 is 10.2 Å². The van der Waals surface area contributed by atoms with Crippen molar-refractivity contribution in [1.29, 1.82) is 0 Å². The molecule has 0 spiro atoms. The normalized spacial score (nSPS) is 10.8. The Kier molecular flexibility index (Phi) is 5.11. The van der Waals surface area contributed by atoms with Crippen LogP contribution in [0.2, 0.25) is 5.02 Å². The Balaban J connectivity index is 1.97. The van der Waals surface area contributed by atoms with Crippen molar-refractivity contribution in [3.63, 3.8) is 0 Å². The van der Waals surface area contributed by atoms with E-state index in [2.05, 4.69) is 10.2 Å². The Morgan fingerprint density at radius 2 is 1.40 bits per heavy atom. The SMILES string of the molecule is Oc1cc(/C=N/N=C(c2ccccc2)c2ccccc2)cc(Cl)c1O. The summed E-state index contributed by atoms with van der Waals surface area (Å²) in [6.45, 7) is 0. The first-order valence-corrected chi connectivity index (χ1v) is 7.96. The van der Waals surface area contributed by atoms with Crippen molar-refractivity contribution in [3.8, 4) is 11.5 Å². The molecule has 0 bridgehead atoms. The van der Waals surface area contributed by atoms with Crippen LogP contribution in [0.25, 0.3) is 0 Å². The summed E-state index contributed by atoms with van der Waals surface area (Å²) in [5.41, 5.74) is 3.14. The van der Waals surface area contributed by atoms with E-state index in [9.17, 15) is 10.2 Å². The van der Waals surface area contributed by atoms with Crippen molar-refractivity contribution >= 4 is 23.5 Å². The van der Waals surface area contributed by atoms with E-state index in [0.717, 1.165) is 16.8 Å². The van der Waals surface area contributed by atoms with Crippen molar-refractivity contribution in [1.82, 2.24) is 0 Å². The third kappa shape index (κ3) is 4.05. The predicted octanol–water partition coefficient (Wildman–Crippen LogP) is 4.62. The lowest BCUT2D eigenvalue weighted by molar-refractivity contribution is 0.404. The Morgan fingerprint density at radius 3 is 1.92 bits per heavy atom. The second-order valence-electron chi connectivity index (χ2n) is 5.30. The van der Waals surface area contributed by atoms with Gasteiger partial charge in [-0.3, -0.25) is 0 Å². The van der Waals surface area contributed by atoms with Gasteiger partial charge in [-0.2, -0.15) is 5.10 Å². The number of nitrogens with zero attached hydrogens (tertiary/aromatic N) is 2. The summed E-state index contributed by atoms with van der Waals surface area (Å²) in [7, 11) is 0. The molecular weight excluding hydrogens is 336 g/mol. The summed E-state index contributed by atoms with van der Waals surface area (Å²) < 4.78 is 0. The molecular formula is C20H15ClN2O2. The largest absolute Gasteiger partial charge is 0.504 e. The molecule has 0 radical (unpaired) electrons. The standard InChI is InChI=1S/C20H15ClN2O2/c21-17-11-14(12-18(24)20(17)25)13-22-23-19(15-7-3-1-4-8-15)16-9-5-2-6-10-16/h1-13,24-25H/b22-13+. The number of aromatic hydroxyl groups is 2. The van der Waals surface area contributed by atoms with Gasteiger partial charge in [0.2, 0.25) is 0 Å².